The van der Waals surface area contributed by atoms with Crippen molar-refractivity contribution >= 4 is 64.9 Å². The van der Waals surface area contributed by atoms with Gasteiger partial charge in [0.1, 0.15) is 32.0 Å². The Morgan fingerprint density at radius 1 is 1.02 bits per heavy atom. The Kier molecular flexibility index (Phi) is 16.0. The third-order valence-electron chi connectivity index (χ3n) is 6.33. The summed E-state index contributed by atoms with van der Waals surface area (Å²) in [4.78, 5) is 62.4. The van der Waals surface area contributed by atoms with E-state index in [1.165, 1.54) is 6.08 Å². The second kappa shape index (κ2) is 18.9. The molecule has 1 saturated heterocycles. The van der Waals surface area contributed by atoms with Gasteiger partial charge in [-0.25, -0.2) is 9.59 Å². The van der Waals surface area contributed by atoms with Crippen molar-refractivity contribution in [2.75, 3.05) is 26.4 Å². The number of hydrogen-bond donors (Lipinski definition) is 3. The van der Waals surface area contributed by atoms with Crippen LogP contribution in [0.3, 0.4) is 0 Å². The standard InChI is InChI=1S/C29H37Cl3N2O13/c1-5-11-42-26(39)33-21(14-41-13-20-9-7-6-8-10-20)12-28(47-19(4)37)22(15-43-17(2)35)46-25(38)23(24(28)45-18(3)36)34-27(40)44-16-29(30,31)32/h5-10,21-25,38H,1,11-16H2,2-4H3,(H,33,39)(H,34,40)/t21-,22+,23-,24+,25-,28+/m0/s1. The number of aliphatic hydroxyl groups is 1. The van der Waals surface area contributed by atoms with Crippen LogP contribution in [0.5, 0.6) is 0 Å². The van der Waals surface area contributed by atoms with Gasteiger partial charge in [-0.15, -0.1) is 0 Å². The summed E-state index contributed by atoms with van der Waals surface area (Å²) in [7, 11) is 0. The highest BCUT2D eigenvalue weighted by Gasteiger charge is 2.62. The van der Waals surface area contributed by atoms with Crippen LogP contribution in [-0.4, -0.2) is 102 Å². The van der Waals surface area contributed by atoms with E-state index in [2.05, 4.69) is 17.2 Å². The molecule has 1 aromatic rings. The van der Waals surface area contributed by atoms with Crippen LogP contribution in [-0.2, 0) is 54.1 Å². The average Bonchev–Trinajstić information content (AvgIpc) is 2.97. The molecule has 262 valence electrons. The first-order valence-corrected chi connectivity index (χ1v) is 15.2. The average molecular weight is 728 g/mol. The number of carbonyl (C=O) groups excluding carboxylic acids is 5. The van der Waals surface area contributed by atoms with E-state index in [0.29, 0.717) is 0 Å². The van der Waals surface area contributed by atoms with Crippen LogP contribution in [0.25, 0.3) is 0 Å². The van der Waals surface area contributed by atoms with E-state index >= 15 is 0 Å². The van der Waals surface area contributed by atoms with Crippen LogP contribution in [0, 0.1) is 0 Å². The van der Waals surface area contributed by atoms with Crippen molar-refractivity contribution in [3.63, 3.8) is 0 Å². The van der Waals surface area contributed by atoms with Gasteiger partial charge in [-0.3, -0.25) is 14.4 Å². The zero-order chi connectivity index (χ0) is 35.2. The molecule has 15 nitrogen and oxygen atoms in total. The van der Waals surface area contributed by atoms with E-state index < -0.39 is 89.7 Å². The van der Waals surface area contributed by atoms with Crippen molar-refractivity contribution in [1.29, 1.82) is 0 Å². The molecular formula is C29H37Cl3N2O13. The molecule has 0 unspecified atom stereocenters. The first kappa shape index (κ1) is 39.8. The number of halogens is 3. The van der Waals surface area contributed by atoms with E-state index in [0.717, 1.165) is 26.3 Å². The Balaban J connectivity index is 2.61. The molecule has 1 aliphatic heterocycles. The summed E-state index contributed by atoms with van der Waals surface area (Å²) in [5, 5.41) is 15.9. The molecule has 0 aliphatic carbocycles. The van der Waals surface area contributed by atoms with Crippen LogP contribution < -0.4 is 10.6 Å². The molecule has 18 heteroatoms. The van der Waals surface area contributed by atoms with Crippen molar-refractivity contribution in [3.05, 3.63) is 48.6 Å². The van der Waals surface area contributed by atoms with E-state index in [4.69, 9.17) is 68.0 Å². The summed E-state index contributed by atoms with van der Waals surface area (Å²) in [5.74, 6) is -2.65. The highest BCUT2D eigenvalue weighted by atomic mass is 35.6. The number of alkyl carbamates (subject to hydrolysis) is 2. The first-order valence-electron chi connectivity index (χ1n) is 14.1. The maximum Gasteiger partial charge on any atom is 0.407 e. The van der Waals surface area contributed by atoms with Crippen LogP contribution in [0.4, 0.5) is 9.59 Å². The monoisotopic (exact) mass is 726 g/mol. The lowest BCUT2D eigenvalue weighted by Crippen LogP contribution is -2.74. The fraction of sp³-hybridized carbons (Fsp3) is 0.552. The number of amides is 2. The lowest BCUT2D eigenvalue weighted by Gasteiger charge is -2.52. The van der Waals surface area contributed by atoms with Gasteiger partial charge in [-0.2, -0.15) is 0 Å². The van der Waals surface area contributed by atoms with Crippen molar-refractivity contribution in [1.82, 2.24) is 10.6 Å². The third kappa shape index (κ3) is 13.7. The molecule has 2 rings (SSSR count). The quantitative estimate of drug-likeness (QED) is 0.103. The zero-order valence-electron chi connectivity index (χ0n) is 25.8. The molecule has 0 aromatic heterocycles. The minimum absolute atomic E-state index is 0.0972. The second-order valence-corrected chi connectivity index (χ2v) is 12.7. The van der Waals surface area contributed by atoms with Crippen LogP contribution in [0.1, 0.15) is 32.8 Å². The minimum atomic E-state index is -2.19. The first-order chi connectivity index (χ1) is 22.1. The molecule has 3 N–H and O–H groups in total. The number of nitrogens with one attached hydrogen (secondary N) is 2. The summed E-state index contributed by atoms with van der Waals surface area (Å²) in [6.07, 6.45) is -6.58. The molecule has 0 saturated carbocycles. The third-order valence-corrected chi connectivity index (χ3v) is 6.66. The zero-order valence-corrected chi connectivity index (χ0v) is 28.0. The van der Waals surface area contributed by atoms with Crippen molar-refractivity contribution < 1.29 is 62.2 Å². The fourth-order valence-electron chi connectivity index (χ4n) is 4.66. The normalized spacial score (nSPS) is 23.0. The van der Waals surface area contributed by atoms with Crippen molar-refractivity contribution in [2.24, 2.45) is 0 Å². The second-order valence-electron chi connectivity index (χ2n) is 10.2. The molecular weight excluding hydrogens is 691 g/mol. The topological polar surface area (TPSA) is 194 Å². The van der Waals surface area contributed by atoms with Gasteiger partial charge in [0.15, 0.2) is 18.0 Å². The molecule has 0 bridgehead atoms. The van der Waals surface area contributed by atoms with Crippen LogP contribution in [0.15, 0.2) is 43.0 Å². The van der Waals surface area contributed by atoms with Gasteiger partial charge in [0.2, 0.25) is 3.79 Å². The molecule has 1 heterocycles. The Morgan fingerprint density at radius 3 is 2.28 bits per heavy atom. The van der Waals surface area contributed by atoms with Gasteiger partial charge in [-0.1, -0.05) is 77.8 Å². The Bertz CT molecular complexity index is 1230. The lowest BCUT2D eigenvalue weighted by atomic mass is 9.77. The van der Waals surface area contributed by atoms with Gasteiger partial charge in [0, 0.05) is 27.2 Å². The van der Waals surface area contributed by atoms with E-state index in [1.54, 1.807) is 24.3 Å². The summed E-state index contributed by atoms with van der Waals surface area (Å²) in [6.45, 7) is 5.00. The number of carbonyl (C=O) groups is 5. The molecule has 1 aliphatic rings. The van der Waals surface area contributed by atoms with E-state index in [-0.39, 0.29) is 19.8 Å². The molecule has 1 aromatic carbocycles. The van der Waals surface area contributed by atoms with E-state index in [1.807, 2.05) is 6.07 Å². The van der Waals surface area contributed by atoms with Gasteiger partial charge >= 0.3 is 30.1 Å². The molecule has 6 atom stereocenters. The summed E-state index contributed by atoms with van der Waals surface area (Å²) < 4.78 is 36.1. The summed E-state index contributed by atoms with van der Waals surface area (Å²) in [6, 6.07) is 6.24. The Hall–Kier alpha value is -3.34. The molecule has 47 heavy (non-hydrogen) atoms. The Morgan fingerprint density at radius 2 is 1.70 bits per heavy atom. The maximum atomic E-state index is 12.7. The number of hydrogen-bond acceptors (Lipinski definition) is 13. The highest BCUT2D eigenvalue weighted by molar-refractivity contribution is 6.67. The van der Waals surface area contributed by atoms with Crippen molar-refractivity contribution in [2.45, 2.75) is 73.8 Å². The SMILES string of the molecule is C=CCOC(=O)N[C@H](COCc1ccccc1)C[C@]1(OC(C)=O)[C@H](OC(C)=O)[C@H](NC(=O)OCC(Cl)(Cl)Cl)[C@@H](O)O[C@@H]1COC(C)=O. The van der Waals surface area contributed by atoms with Gasteiger partial charge in [0.05, 0.1) is 19.3 Å². The molecule has 2 amide bonds. The van der Waals surface area contributed by atoms with Gasteiger partial charge in [0.25, 0.3) is 0 Å². The number of aliphatic hydroxyl groups excluding tert-OH is 1. The number of ether oxygens (including phenoxy) is 7. The van der Waals surface area contributed by atoms with Crippen LogP contribution in [0.2, 0.25) is 0 Å². The molecule has 0 spiro atoms. The van der Waals surface area contributed by atoms with E-state index in [9.17, 15) is 29.1 Å². The lowest BCUT2D eigenvalue weighted by molar-refractivity contribution is -0.302. The maximum absolute atomic E-state index is 12.7. The van der Waals surface area contributed by atoms with Gasteiger partial charge < -0.3 is 48.9 Å². The number of alkyl halides is 3. The summed E-state index contributed by atoms with van der Waals surface area (Å²) >= 11 is 17.0. The minimum Gasteiger partial charge on any atom is -0.463 e. The fourth-order valence-corrected chi connectivity index (χ4v) is 4.82. The predicted molar refractivity (Wildman–Crippen MR) is 165 cm³/mol. The molecule has 1 fully saturated rings. The predicted octanol–water partition coefficient (Wildman–Crippen LogP) is 2.85. The number of benzene rings is 1. The largest absolute Gasteiger partial charge is 0.463 e. The number of esters is 3. The van der Waals surface area contributed by atoms with Gasteiger partial charge in [-0.05, 0) is 5.56 Å². The number of rotatable bonds is 15. The van der Waals surface area contributed by atoms with Crippen LogP contribution >= 0.6 is 34.8 Å². The smallest absolute Gasteiger partial charge is 0.407 e. The summed E-state index contributed by atoms with van der Waals surface area (Å²) in [5.41, 5.74) is -1.39. The highest BCUT2D eigenvalue weighted by Crippen LogP contribution is 2.39. The van der Waals surface area contributed by atoms with Crippen molar-refractivity contribution in [3.8, 4) is 0 Å². The molecule has 0 radical (unpaired) electrons. The Labute approximate surface area is 286 Å².